The summed E-state index contributed by atoms with van der Waals surface area (Å²) in [4.78, 5) is 48.7. The van der Waals surface area contributed by atoms with Gasteiger partial charge in [-0.1, -0.05) is 12.1 Å². The van der Waals surface area contributed by atoms with E-state index in [4.69, 9.17) is 9.47 Å². The van der Waals surface area contributed by atoms with Crippen LogP contribution in [-0.4, -0.2) is 40.7 Å². The fourth-order valence-corrected chi connectivity index (χ4v) is 2.68. The average molecular weight is 374 g/mol. The Balaban J connectivity index is 1.95. The lowest BCUT2D eigenvalue weighted by Crippen LogP contribution is -2.20. The zero-order chi connectivity index (χ0) is 20.1. The molecule has 1 aromatic heterocycles. The maximum atomic E-state index is 12.2. The molecule has 142 valence electrons. The highest BCUT2D eigenvalue weighted by Gasteiger charge is 2.21. The number of Topliss-reactive ketones (excluding diaryl/α,β-unsaturated/α-hetero) is 2. The molecule has 0 fully saturated rings. The van der Waals surface area contributed by atoms with Gasteiger partial charge < -0.3 is 14.5 Å². The molecule has 1 aromatic carbocycles. The molecule has 9 heteroatoms. The molecule has 2 aromatic rings. The minimum absolute atomic E-state index is 0.0762. The largest absolute Gasteiger partial charge is 0.475 e. The lowest BCUT2D eigenvalue weighted by molar-refractivity contribution is -0.385. The van der Waals surface area contributed by atoms with Crippen molar-refractivity contribution in [2.45, 2.75) is 20.8 Å². The van der Waals surface area contributed by atoms with Gasteiger partial charge in [-0.3, -0.25) is 19.7 Å². The predicted octanol–water partition coefficient (Wildman–Crippen LogP) is 2.55. The summed E-state index contributed by atoms with van der Waals surface area (Å²) >= 11 is 0. The van der Waals surface area contributed by atoms with Gasteiger partial charge in [0.1, 0.15) is 0 Å². The third-order valence-corrected chi connectivity index (χ3v) is 3.84. The van der Waals surface area contributed by atoms with Gasteiger partial charge in [-0.15, -0.1) is 0 Å². The Bertz CT molecular complexity index is 914. The fraction of sp³-hybridized carbons (Fsp3) is 0.278. The first-order chi connectivity index (χ1) is 12.7. The van der Waals surface area contributed by atoms with Gasteiger partial charge in [0.2, 0.25) is 5.78 Å². The average Bonchev–Trinajstić information content (AvgIpc) is 2.92. The molecule has 27 heavy (non-hydrogen) atoms. The predicted molar refractivity (Wildman–Crippen MR) is 94.2 cm³/mol. The van der Waals surface area contributed by atoms with Crippen molar-refractivity contribution in [3.8, 4) is 5.75 Å². The topological polar surface area (TPSA) is 129 Å². The molecule has 9 nitrogen and oxygen atoms in total. The van der Waals surface area contributed by atoms with E-state index in [1.807, 2.05) is 0 Å². The van der Waals surface area contributed by atoms with Crippen LogP contribution < -0.4 is 4.74 Å². The molecule has 0 unspecified atom stereocenters. The number of nitrogens with one attached hydrogen (secondary N) is 1. The third kappa shape index (κ3) is 4.57. The molecule has 0 aliphatic heterocycles. The molecule has 0 spiro atoms. The number of rotatable bonds is 8. The summed E-state index contributed by atoms with van der Waals surface area (Å²) in [6.45, 7) is 3.58. The van der Waals surface area contributed by atoms with Crippen molar-refractivity contribution in [1.29, 1.82) is 0 Å². The Hall–Kier alpha value is -3.49. The minimum Gasteiger partial charge on any atom is -0.475 e. The van der Waals surface area contributed by atoms with E-state index in [9.17, 15) is 24.5 Å². The number of aromatic nitrogens is 1. The van der Waals surface area contributed by atoms with Crippen LogP contribution in [0.15, 0.2) is 24.3 Å². The Morgan fingerprint density at radius 2 is 1.81 bits per heavy atom. The number of nitro groups is 1. The second kappa shape index (κ2) is 8.26. The number of benzene rings is 1. The number of nitro benzene ring substituents is 1. The second-order valence-electron chi connectivity index (χ2n) is 5.78. The zero-order valence-electron chi connectivity index (χ0n) is 15.0. The lowest BCUT2D eigenvalue weighted by atomic mass is 10.1. The van der Waals surface area contributed by atoms with Gasteiger partial charge in [0.25, 0.3) is 0 Å². The van der Waals surface area contributed by atoms with Crippen LogP contribution >= 0.6 is 0 Å². The molecule has 1 heterocycles. The number of carbonyl (C=O) groups is 3. The number of aromatic amines is 1. The van der Waals surface area contributed by atoms with Crippen LogP contribution in [-0.2, 0) is 9.53 Å². The van der Waals surface area contributed by atoms with Crippen LogP contribution in [0.4, 0.5) is 5.69 Å². The standard InChI is InChI=1S/C18H18N2O7/c1-10-17(12(3)21)11(2)19-18(10)14(22)8-27-16(23)9-26-15-7-5-4-6-13(15)20(24)25/h4-7,19H,8-9H2,1-3H3. The van der Waals surface area contributed by atoms with Gasteiger partial charge in [-0.25, -0.2) is 4.79 Å². The summed E-state index contributed by atoms with van der Waals surface area (Å²) in [5, 5.41) is 10.9. The minimum atomic E-state index is -0.853. The Kier molecular flexibility index (Phi) is 6.07. The number of nitrogens with zero attached hydrogens (tertiary/aromatic N) is 1. The molecule has 0 saturated heterocycles. The van der Waals surface area contributed by atoms with E-state index in [0.29, 0.717) is 16.8 Å². The summed E-state index contributed by atoms with van der Waals surface area (Å²) in [7, 11) is 0. The first-order valence-corrected chi connectivity index (χ1v) is 7.97. The van der Waals surface area contributed by atoms with Gasteiger partial charge in [-0.2, -0.15) is 0 Å². The quantitative estimate of drug-likeness (QED) is 0.325. The van der Waals surface area contributed by atoms with Gasteiger partial charge in [0, 0.05) is 17.3 Å². The summed E-state index contributed by atoms with van der Waals surface area (Å²) < 4.78 is 9.95. The SMILES string of the molecule is CC(=O)c1c(C)[nH]c(C(=O)COC(=O)COc2ccccc2[N+](=O)[O-])c1C. The molecule has 0 aliphatic rings. The van der Waals surface area contributed by atoms with E-state index in [-0.39, 0.29) is 22.9 Å². The molecule has 0 saturated carbocycles. The molecule has 0 atom stereocenters. The van der Waals surface area contributed by atoms with Gasteiger partial charge in [0.05, 0.1) is 10.6 Å². The maximum absolute atomic E-state index is 12.2. The number of ether oxygens (including phenoxy) is 2. The number of hydrogen-bond donors (Lipinski definition) is 1. The molecule has 0 amide bonds. The van der Waals surface area contributed by atoms with E-state index in [2.05, 4.69) is 4.98 Å². The van der Waals surface area contributed by atoms with Crippen LogP contribution in [0, 0.1) is 24.0 Å². The van der Waals surface area contributed by atoms with Crippen molar-refractivity contribution in [3.05, 3.63) is 56.9 Å². The monoisotopic (exact) mass is 374 g/mol. The highest BCUT2D eigenvalue weighted by atomic mass is 16.6. The van der Waals surface area contributed by atoms with Crippen LogP contribution in [0.25, 0.3) is 0 Å². The van der Waals surface area contributed by atoms with Crippen LogP contribution in [0.1, 0.15) is 39.0 Å². The number of hydrogen-bond acceptors (Lipinski definition) is 7. The maximum Gasteiger partial charge on any atom is 0.344 e. The number of aryl methyl sites for hydroxylation is 1. The van der Waals surface area contributed by atoms with Crippen LogP contribution in [0.2, 0.25) is 0 Å². The van der Waals surface area contributed by atoms with Crippen molar-refractivity contribution >= 4 is 23.2 Å². The van der Waals surface area contributed by atoms with E-state index < -0.39 is 29.9 Å². The summed E-state index contributed by atoms with van der Waals surface area (Å²) in [5.74, 6) is -1.60. The number of carbonyl (C=O) groups excluding carboxylic acids is 3. The van der Waals surface area contributed by atoms with Crippen LogP contribution in [0.3, 0.4) is 0 Å². The normalized spacial score (nSPS) is 10.3. The fourth-order valence-electron chi connectivity index (χ4n) is 2.68. The van der Waals surface area contributed by atoms with E-state index in [0.717, 1.165) is 0 Å². The van der Waals surface area contributed by atoms with Crippen molar-refractivity contribution in [3.63, 3.8) is 0 Å². The smallest absolute Gasteiger partial charge is 0.344 e. The van der Waals surface area contributed by atoms with Crippen LogP contribution in [0.5, 0.6) is 5.75 Å². The Morgan fingerprint density at radius 1 is 1.15 bits per heavy atom. The molecular formula is C18H18N2O7. The van der Waals surface area contributed by atoms with Gasteiger partial charge in [-0.05, 0) is 32.4 Å². The molecular weight excluding hydrogens is 356 g/mol. The highest BCUT2D eigenvalue weighted by molar-refractivity contribution is 6.04. The third-order valence-electron chi connectivity index (χ3n) is 3.84. The van der Waals surface area contributed by atoms with Crippen molar-refractivity contribution in [1.82, 2.24) is 4.98 Å². The Morgan fingerprint density at radius 3 is 2.41 bits per heavy atom. The molecule has 2 rings (SSSR count). The number of ketones is 2. The highest BCUT2D eigenvalue weighted by Crippen LogP contribution is 2.25. The second-order valence-corrected chi connectivity index (χ2v) is 5.78. The molecule has 0 bridgehead atoms. The van der Waals surface area contributed by atoms with E-state index >= 15 is 0 Å². The van der Waals surface area contributed by atoms with Crippen molar-refractivity contribution < 1.29 is 28.8 Å². The molecule has 0 radical (unpaired) electrons. The molecule has 1 N–H and O–H groups in total. The van der Waals surface area contributed by atoms with Crippen molar-refractivity contribution in [2.24, 2.45) is 0 Å². The number of H-pyrrole nitrogens is 1. The number of para-hydroxylation sites is 2. The van der Waals surface area contributed by atoms with E-state index in [1.54, 1.807) is 13.8 Å². The first-order valence-electron chi connectivity index (χ1n) is 7.97. The summed E-state index contributed by atoms with van der Waals surface area (Å²) in [6.07, 6.45) is 0. The van der Waals surface area contributed by atoms with Crippen molar-refractivity contribution in [2.75, 3.05) is 13.2 Å². The number of esters is 1. The summed E-state index contributed by atoms with van der Waals surface area (Å²) in [5.41, 5.74) is 1.41. The molecule has 0 aliphatic carbocycles. The van der Waals surface area contributed by atoms with Gasteiger partial charge in [0.15, 0.2) is 24.7 Å². The van der Waals surface area contributed by atoms with Gasteiger partial charge >= 0.3 is 11.7 Å². The van der Waals surface area contributed by atoms with E-state index in [1.165, 1.54) is 31.2 Å². The Labute approximate surface area is 154 Å². The lowest BCUT2D eigenvalue weighted by Gasteiger charge is -2.07. The summed E-state index contributed by atoms with van der Waals surface area (Å²) in [6, 6.07) is 5.59. The zero-order valence-corrected chi connectivity index (χ0v) is 15.0. The first kappa shape index (κ1) is 19.8.